The molecule has 0 bridgehead atoms. The highest BCUT2D eigenvalue weighted by Gasteiger charge is 2.06. The van der Waals surface area contributed by atoms with Gasteiger partial charge in [-0.05, 0) is 12.0 Å². The number of alkyl halides is 4. The zero-order chi connectivity index (χ0) is 11.7. The number of allylic oxidation sites excluding steroid dienone is 1. The molecule has 0 atom stereocenters. The van der Waals surface area contributed by atoms with Crippen molar-refractivity contribution in [3.05, 3.63) is 48.6 Å². The van der Waals surface area contributed by atoms with Crippen molar-refractivity contribution in [3.8, 4) is 0 Å². The Bertz CT molecular complexity index is 251. The zero-order valence-electron chi connectivity index (χ0n) is 8.04. The molecule has 0 spiro atoms. The number of hydrogen-bond donors (Lipinski definition) is 0. The Labute approximate surface area is 111 Å². The highest BCUT2D eigenvalue weighted by atomic mass is 35.5. The van der Waals surface area contributed by atoms with Gasteiger partial charge in [-0.25, -0.2) is 0 Å². The van der Waals surface area contributed by atoms with E-state index in [0.29, 0.717) is 0 Å². The summed E-state index contributed by atoms with van der Waals surface area (Å²) in [7, 11) is 0. The molecular weight excluding hydrogens is 274 g/mol. The van der Waals surface area contributed by atoms with E-state index in [1.807, 2.05) is 24.3 Å². The molecule has 0 aliphatic carbocycles. The van der Waals surface area contributed by atoms with Gasteiger partial charge in [0.05, 0.1) is 0 Å². The fourth-order valence-corrected chi connectivity index (χ4v) is 0.781. The van der Waals surface area contributed by atoms with Gasteiger partial charge in [0.15, 0.2) is 0 Å². The van der Waals surface area contributed by atoms with E-state index in [9.17, 15) is 0 Å². The highest BCUT2D eigenvalue weighted by molar-refractivity contribution is 6.56. The van der Waals surface area contributed by atoms with Crippen molar-refractivity contribution in [1.82, 2.24) is 0 Å². The molecule has 0 saturated carbocycles. The molecule has 0 aliphatic heterocycles. The van der Waals surface area contributed by atoms with E-state index in [0.717, 1.165) is 6.42 Å². The molecule has 0 radical (unpaired) electrons. The van der Waals surface area contributed by atoms with Crippen molar-refractivity contribution in [2.45, 2.75) is 16.1 Å². The van der Waals surface area contributed by atoms with Gasteiger partial charge in [0, 0.05) is 0 Å². The van der Waals surface area contributed by atoms with Crippen molar-refractivity contribution in [2.24, 2.45) is 0 Å². The predicted octanol–water partition coefficient (Wildman–Crippen LogP) is 5.01. The van der Waals surface area contributed by atoms with E-state index < -0.39 is 9.67 Å². The van der Waals surface area contributed by atoms with Gasteiger partial charge >= 0.3 is 0 Å². The molecule has 0 amide bonds. The van der Waals surface area contributed by atoms with Gasteiger partial charge in [-0.3, -0.25) is 0 Å². The summed E-state index contributed by atoms with van der Waals surface area (Å²) in [4.78, 5) is -1.35. The Morgan fingerprint density at radius 3 is 1.80 bits per heavy atom. The van der Waals surface area contributed by atoms with Crippen LogP contribution in [0.3, 0.4) is 0 Å². The summed E-state index contributed by atoms with van der Waals surface area (Å²) in [6.45, 7) is 3.66. The molecule has 0 nitrogen and oxygen atoms in total. The molecule has 1 aromatic carbocycles. The number of hydrogen-bond acceptors (Lipinski definition) is 0. The maximum Gasteiger partial charge on any atom is 0.137 e. The van der Waals surface area contributed by atoms with Gasteiger partial charge in [0.25, 0.3) is 0 Å². The van der Waals surface area contributed by atoms with Gasteiger partial charge < -0.3 is 0 Å². The Morgan fingerprint density at radius 2 is 1.47 bits per heavy atom. The molecule has 15 heavy (non-hydrogen) atoms. The van der Waals surface area contributed by atoms with Crippen LogP contribution in [-0.4, -0.2) is 9.67 Å². The summed E-state index contributed by atoms with van der Waals surface area (Å²) in [5, 5.41) is 0. The first-order valence-corrected chi connectivity index (χ1v) is 6.03. The average molecular weight is 286 g/mol. The minimum Gasteiger partial charge on any atom is -0.103 e. The topological polar surface area (TPSA) is 0 Å². The van der Waals surface area contributed by atoms with Crippen molar-refractivity contribution in [2.75, 3.05) is 0 Å². The maximum atomic E-state index is 5.11. The van der Waals surface area contributed by atoms with Gasteiger partial charge in [-0.2, -0.15) is 0 Å². The molecule has 0 fully saturated rings. The van der Waals surface area contributed by atoms with Gasteiger partial charge in [-0.15, -0.1) is 53.0 Å². The third kappa shape index (κ3) is 9.07. The summed E-state index contributed by atoms with van der Waals surface area (Å²) in [6, 6.07) is 10.3. The summed E-state index contributed by atoms with van der Waals surface area (Å²) in [5.41, 5.74) is 1.33. The van der Waals surface area contributed by atoms with E-state index in [2.05, 4.69) is 18.7 Å². The number of benzene rings is 1. The van der Waals surface area contributed by atoms with Gasteiger partial charge in [0.2, 0.25) is 0 Å². The minimum absolute atomic E-state index is 0.673. The van der Waals surface area contributed by atoms with Crippen molar-refractivity contribution < 1.29 is 0 Å². The lowest BCUT2D eigenvalue weighted by atomic mass is 10.2. The fourth-order valence-electron chi connectivity index (χ4n) is 0.781. The molecule has 1 rings (SSSR count). The average Bonchev–Trinajstić information content (AvgIpc) is 2.20. The predicted molar refractivity (Wildman–Crippen MR) is 71.3 cm³/mol. The van der Waals surface area contributed by atoms with Crippen LogP contribution in [0.5, 0.6) is 0 Å². The third-order valence-electron chi connectivity index (χ3n) is 1.41. The Balaban J connectivity index is 0.000000288. The second-order valence-electron chi connectivity index (χ2n) is 2.65. The van der Waals surface area contributed by atoms with Crippen LogP contribution in [0.4, 0.5) is 0 Å². The molecule has 0 N–H and O–H groups in total. The lowest BCUT2D eigenvalue weighted by Crippen LogP contribution is -1.96. The monoisotopic (exact) mass is 284 g/mol. The first kappa shape index (κ1) is 15.1. The highest BCUT2D eigenvalue weighted by Crippen LogP contribution is 2.16. The lowest BCUT2D eigenvalue weighted by Gasteiger charge is -1.95. The van der Waals surface area contributed by atoms with E-state index >= 15 is 0 Å². The molecule has 0 aromatic heterocycles. The number of halogens is 4. The molecule has 1 aromatic rings. The van der Waals surface area contributed by atoms with Crippen LogP contribution in [0.2, 0.25) is 0 Å². The van der Waals surface area contributed by atoms with Gasteiger partial charge in [0.1, 0.15) is 9.67 Å². The molecule has 84 valence electrons. The molecular formula is C11H12Cl4. The number of rotatable bonds is 3. The normalized spacial score (nSPS) is 9.73. The van der Waals surface area contributed by atoms with Crippen LogP contribution in [-0.2, 0) is 6.42 Å². The fraction of sp³-hybridized carbons (Fsp3) is 0.273. The van der Waals surface area contributed by atoms with Crippen LogP contribution < -0.4 is 0 Å². The van der Waals surface area contributed by atoms with Crippen molar-refractivity contribution in [1.29, 1.82) is 0 Å². The Hall–Kier alpha value is 0.120. The molecule has 0 aliphatic rings. The summed E-state index contributed by atoms with van der Waals surface area (Å²) < 4.78 is 0. The Morgan fingerprint density at radius 1 is 1.00 bits per heavy atom. The molecule has 0 heterocycles. The third-order valence-corrected chi connectivity index (χ3v) is 2.94. The van der Waals surface area contributed by atoms with E-state index in [1.54, 1.807) is 0 Å². The summed E-state index contributed by atoms with van der Waals surface area (Å²) in [6.07, 6.45) is 2.89. The standard InChI is InChI=1S/C9H10.C2H2Cl4/c1-2-6-9-7-4-3-5-8-9;3-1(4)2(5)6/h2-5,7-8H,1,6H2;1-2H. The lowest BCUT2D eigenvalue weighted by molar-refractivity contribution is 1.28. The SMILES string of the molecule is C=CCc1ccccc1.ClC(Cl)C(Cl)Cl. The van der Waals surface area contributed by atoms with E-state index in [1.165, 1.54) is 5.56 Å². The first-order valence-electron chi connectivity index (χ1n) is 4.29. The first-order chi connectivity index (χ1) is 7.07. The smallest absolute Gasteiger partial charge is 0.103 e. The second-order valence-corrected chi connectivity index (χ2v) is 4.97. The quantitative estimate of drug-likeness (QED) is 0.541. The van der Waals surface area contributed by atoms with Gasteiger partial charge in [-0.1, -0.05) is 36.4 Å². The molecule has 0 unspecified atom stereocenters. The van der Waals surface area contributed by atoms with Crippen LogP contribution in [0, 0.1) is 0 Å². The second kappa shape index (κ2) is 9.35. The summed E-state index contributed by atoms with van der Waals surface area (Å²) in [5.74, 6) is 0. The molecule has 0 saturated heterocycles. The molecule has 4 heteroatoms. The zero-order valence-corrected chi connectivity index (χ0v) is 11.1. The summed E-state index contributed by atoms with van der Waals surface area (Å²) >= 11 is 20.5. The van der Waals surface area contributed by atoms with Crippen molar-refractivity contribution >= 4 is 46.4 Å². The van der Waals surface area contributed by atoms with Crippen LogP contribution in [0.1, 0.15) is 5.56 Å². The van der Waals surface area contributed by atoms with Crippen molar-refractivity contribution in [3.63, 3.8) is 0 Å². The Kier molecular flexibility index (Phi) is 9.43. The van der Waals surface area contributed by atoms with E-state index in [4.69, 9.17) is 46.4 Å². The maximum absolute atomic E-state index is 5.11. The van der Waals surface area contributed by atoms with Crippen LogP contribution >= 0.6 is 46.4 Å². The minimum atomic E-state index is -0.673. The van der Waals surface area contributed by atoms with E-state index in [-0.39, 0.29) is 0 Å². The largest absolute Gasteiger partial charge is 0.137 e. The van der Waals surface area contributed by atoms with Crippen LogP contribution in [0.15, 0.2) is 43.0 Å². The van der Waals surface area contributed by atoms with Crippen LogP contribution in [0.25, 0.3) is 0 Å².